The first-order valence-electron chi connectivity index (χ1n) is 8.86. The van der Waals surface area contributed by atoms with Crippen LogP contribution >= 0.6 is 0 Å². The van der Waals surface area contributed by atoms with Crippen molar-refractivity contribution in [2.75, 3.05) is 0 Å². The number of benzene rings is 2. The number of rotatable bonds is 6. The summed E-state index contributed by atoms with van der Waals surface area (Å²) in [4.78, 5) is 24.9. The Kier molecular flexibility index (Phi) is 4.71. The number of nitrogens with zero attached hydrogens (tertiary/aromatic N) is 5. The number of nitrogens with one attached hydrogen (secondary N) is 1. The summed E-state index contributed by atoms with van der Waals surface area (Å²) in [5, 5.41) is 14.7. The van der Waals surface area contributed by atoms with Gasteiger partial charge in [-0.05, 0) is 34.9 Å². The number of carbonyl (C=O) groups excluding carboxylic acids is 1. The molecule has 0 spiro atoms. The quantitative estimate of drug-likeness (QED) is 0.546. The second kappa shape index (κ2) is 7.47. The third-order valence-electron chi connectivity index (χ3n) is 4.37. The van der Waals surface area contributed by atoms with Gasteiger partial charge in [-0.25, -0.2) is 14.1 Å². The maximum Gasteiger partial charge on any atom is 0.346 e. The Morgan fingerprint density at radius 1 is 1.11 bits per heavy atom. The van der Waals surface area contributed by atoms with Gasteiger partial charge in [0, 0.05) is 18.7 Å². The summed E-state index contributed by atoms with van der Waals surface area (Å²) in [5.41, 5.74) is 2.65. The van der Waals surface area contributed by atoms with E-state index in [-0.39, 0.29) is 18.1 Å². The number of aromatic nitrogens is 5. The molecule has 2 heterocycles. The molecule has 0 atom stereocenters. The van der Waals surface area contributed by atoms with Gasteiger partial charge in [0.05, 0.1) is 0 Å². The van der Waals surface area contributed by atoms with Crippen LogP contribution in [-0.4, -0.2) is 30.6 Å². The fourth-order valence-electron chi connectivity index (χ4n) is 2.96. The van der Waals surface area contributed by atoms with Crippen molar-refractivity contribution in [3.63, 3.8) is 0 Å². The highest BCUT2D eigenvalue weighted by molar-refractivity contribution is 5.76. The minimum atomic E-state index is -0.313. The zero-order valence-corrected chi connectivity index (χ0v) is 15.2. The minimum Gasteiger partial charge on any atom is -0.350 e. The van der Waals surface area contributed by atoms with Crippen molar-refractivity contribution in [3.8, 4) is 11.4 Å². The van der Waals surface area contributed by atoms with Gasteiger partial charge >= 0.3 is 5.69 Å². The van der Waals surface area contributed by atoms with E-state index in [1.807, 2.05) is 43.3 Å². The van der Waals surface area contributed by atoms with Crippen LogP contribution in [0.4, 0.5) is 0 Å². The zero-order chi connectivity index (χ0) is 19.5. The highest BCUT2D eigenvalue weighted by Crippen LogP contribution is 2.15. The van der Waals surface area contributed by atoms with Crippen molar-refractivity contribution in [3.05, 3.63) is 64.6 Å². The smallest absolute Gasteiger partial charge is 0.346 e. The number of hydrogen-bond donors (Lipinski definition) is 1. The summed E-state index contributed by atoms with van der Waals surface area (Å²) in [7, 11) is 0. The van der Waals surface area contributed by atoms with E-state index in [0.717, 1.165) is 11.1 Å². The van der Waals surface area contributed by atoms with Crippen molar-refractivity contribution in [2.45, 2.75) is 26.6 Å². The monoisotopic (exact) mass is 378 g/mol. The number of hydrogen-bond acceptors (Lipinski definition) is 6. The molecule has 0 aliphatic carbocycles. The first-order chi connectivity index (χ1) is 13.7. The first kappa shape index (κ1) is 17.7. The molecular formula is C19H18N6O3. The van der Waals surface area contributed by atoms with Gasteiger partial charge in [-0.1, -0.05) is 36.4 Å². The van der Waals surface area contributed by atoms with Crippen LogP contribution in [0.2, 0.25) is 0 Å². The van der Waals surface area contributed by atoms with Gasteiger partial charge in [-0.3, -0.25) is 9.36 Å². The molecule has 0 aliphatic rings. The van der Waals surface area contributed by atoms with Crippen LogP contribution in [-0.2, 0) is 24.4 Å². The van der Waals surface area contributed by atoms with Gasteiger partial charge in [0.2, 0.25) is 5.91 Å². The molecule has 0 saturated carbocycles. The lowest BCUT2D eigenvalue weighted by atomic mass is 10.2. The molecule has 0 saturated heterocycles. The van der Waals surface area contributed by atoms with Crippen LogP contribution in [0.3, 0.4) is 0 Å². The topological polar surface area (TPSA) is 108 Å². The van der Waals surface area contributed by atoms with Crippen LogP contribution in [0.1, 0.15) is 12.5 Å². The van der Waals surface area contributed by atoms with Gasteiger partial charge < -0.3 is 5.32 Å². The van der Waals surface area contributed by atoms with E-state index < -0.39 is 0 Å². The Hall–Kier alpha value is -3.75. The molecule has 1 N–H and O–H groups in total. The molecule has 142 valence electrons. The van der Waals surface area contributed by atoms with Crippen molar-refractivity contribution in [1.82, 2.24) is 30.0 Å². The van der Waals surface area contributed by atoms with E-state index in [1.54, 1.807) is 16.7 Å². The first-order valence-corrected chi connectivity index (χ1v) is 8.86. The average molecular weight is 378 g/mol. The molecule has 4 rings (SSSR count). The van der Waals surface area contributed by atoms with Crippen LogP contribution in [0.15, 0.2) is 58.0 Å². The fourth-order valence-corrected chi connectivity index (χ4v) is 2.96. The standard InChI is InChI=1S/C19H18N6O3/c1-2-24-18(14-6-4-3-5-7-14)21-25(19(24)27)12-17(26)20-11-13-8-9-15-16(10-13)23-28-22-15/h3-10H,2,11-12H2,1H3,(H,20,26). The van der Waals surface area contributed by atoms with E-state index >= 15 is 0 Å². The van der Waals surface area contributed by atoms with Gasteiger partial charge in [-0.2, -0.15) is 0 Å². The van der Waals surface area contributed by atoms with Crippen LogP contribution in [0.25, 0.3) is 22.4 Å². The Morgan fingerprint density at radius 2 is 1.89 bits per heavy atom. The highest BCUT2D eigenvalue weighted by atomic mass is 16.6. The Morgan fingerprint density at radius 3 is 2.68 bits per heavy atom. The van der Waals surface area contributed by atoms with E-state index in [2.05, 4.69) is 25.4 Å². The molecule has 0 fully saturated rings. The molecule has 0 radical (unpaired) electrons. The Labute approximate surface area is 159 Å². The molecule has 1 amide bonds. The van der Waals surface area contributed by atoms with Gasteiger partial charge in [0.1, 0.15) is 17.6 Å². The van der Waals surface area contributed by atoms with Gasteiger partial charge in [0.15, 0.2) is 5.82 Å². The van der Waals surface area contributed by atoms with Crippen LogP contribution < -0.4 is 11.0 Å². The minimum absolute atomic E-state index is 0.153. The predicted octanol–water partition coefficient (Wildman–Crippen LogP) is 1.58. The molecule has 2 aromatic heterocycles. The highest BCUT2D eigenvalue weighted by Gasteiger charge is 2.15. The second-order valence-electron chi connectivity index (χ2n) is 6.24. The van der Waals surface area contributed by atoms with Crippen molar-refractivity contribution in [1.29, 1.82) is 0 Å². The summed E-state index contributed by atoms with van der Waals surface area (Å²) in [6.07, 6.45) is 0. The molecule has 9 nitrogen and oxygen atoms in total. The van der Waals surface area contributed by atoms with Crippen molar-refractivity contribution < 1.29 is 9.42 Å². The largest absolute Gasteiger partial charge is 0.350 e. The molecule has 0 unspecified atom stereocenters. The lowest BCUT2D eigenvalue weighted by molar-refractivity contribution is -0.122. The van der Waals surface area contributed by atoms with Crippen LogP contribution in [0.5, 0.6) is 0 Å². The van der Waals surface area contributed by atoms with E-state index in [9.17, 15) is 9.59 Å². The summed E-state index contributed by atoms with van der Waals surface area (Å²) in [6, 6.07) is 14.8. The maximum atomic E-state index is 12.6. The normalized spacial score (nSPS) is 11.0. The van der Waals surface area contributed by atoms with Gasteiger partial charge in [-0.15, -0.1) is 5.10 Å². The molecule has 28 heavy (non-hydrogen) atoms. The Balaban J connectivity index is 1.48. The fraction of sp³-hybridized carbons (Fsp3) is 0.211. The summed E-state index contributed by atoms with van der Waals surface area (Å²) < 4.78 is 7.40. The van der Waals surface area contributed by atoms with Crippen molar-refractivity contribution in [2.24, 2.45) is 0 Å². The second-order valence-corrected chi connectivity index (χ2v) is 6.24. The molecule has 9 heteroatoms. The third-order valence-corrected chi connectivity index (χ3v) is 4.37. The SMILES string of the molecule is CCn1c(-c2ccccc2)nn(CC(=O)NCc2ccc3nonc3c2)c1=O. The lowest BCUT2D eigenvalue weighted by Gasteiger charge is -2.04. The molecular weight excluding hydrogens is 360 g/mol. The van der Waals surface area contributed by atoms with E-state index in [1.165, 1.54) is 4.68 Å². The number of fused-ring (bicyclic) bond motifs is 1. The lowest BCUT2D eigenvalue weighted by Crippen LogP contribution is -2.33. The number of carbonyl (C=O) groups is 1. The molecule has 0 aliphatic heterocycles. The summed E-state index contributed by atoms with van der Waals surface area (Å²) >= 11 is 0. The molecule has 0 bridgehead atoms. The summed E-state index contributed by atoms with van der Waals surface area (Å²) in [6.45, 7) is 2.49. The Bertz CT molecular complexity index is 1180. The predicted molar refractivity (Wildman–Crippen MR) is 101 cm³/mol. The number of amides is 1. The summed E-state index contributed by atoms with van der Waals surface area (Å²) in [5.74, 6) is 0.241. The molecule has 2 aromatic carbocycles. The van der Waals surface area contributed by atoms with Gasteiger partial charge in [0.25, 0.3) is 0 Å². The van der Waals surface area contributed by atoms with E-state index in [4.69, 9.17) is 0 Å². The molecule has 4 aromatic rings. The van der Waals surface area contributed by atoms with Crippen LogP contribution in [0, 0.1) is 0 Å². The van der Waals surface area contributed by atoms with Crippen molar-refractivity contribution >= 4 is 16.9 Å². The maximum absolute atomic E-state index is 12.6. The van der Waals surface area contributed by atoms with E-state index in [0.29, 0.717) is 29.9 Å². The average Bonchev–Trinajstić information content (AvgIpc) is 3.31. The zero-order valence-electron chi connectivity index (χ0n) is 15.2. The third kappa shape index (κ3) is 3.41.